The van der Waals surface area contributed by atoms with Crippen molar-refractivity contribution in [2.24, 2.45) is 0 Å². The van der Waals surface area contributed by atoms with Gasteiger partial charge in [0.2, 0.25) is 5.91 Å². The first kappa shape index (κ1) is 22.1. The summed E-state index contributed by atoms with van der Waals surface area (Å²) >= 11 is 1.18. The lowest BCUT2D eigenvalue weighted by Gasteiger charge is -2.08. The Hall–Kier alpha value is -4.06. The number of fused-ring (bicyclic) bond motifs is 1. The van der Waals surface area contributed by atoms with Crippen LogP contribution in [0.2, 0.25) is 0 Å². The molecular formula is C21H14F3N5O3S. The smallest absolute Gasteiger partial charge is 0.273 e. The summed E-state index contributed by atoms with van der Waals surface area (Å²) in [5, 5.41) is 8.64. The SMILES string of the molecule is O=C(Cc1csc(-c2ccc(C(F)(F)F)cc2)n1)NNC(=O)c1n[nH]c(=O)c2ccccc12. The molecule has 0 bridgehead atoms. The van der Waals surface area contributed by atoms with Crippen molar-refractivity contribution in [3.63, 3.8) is 0 Å². The molecule has 3 N–H and O–H groups in total. The van der Waals surface area contributed by atoms with E-state index in [2.05, 4.69) is 26.0 Å². The predicted molar refractivity (Wildman–Crippen MR) is 114 cm³/mol. The second-order valence-corrected chi connectivity index (χ2v) is 7.70. The summed E-state index contributed by atoms with van der Waals surface area (Å²) in [7, 11) is 0. The summed E-state index contributed by atoms with van der Waals surface area (Å²) in [5.74, 6) is -1.29. The summed E-state index contributed by atoms with van der Waals surface area (Å²) < 4.78 is 38.1. The summed E-state index contributed by atoms with van der Waals surface area (Å²) in [6.07, 6.45) is -4.59. The van der Waals surface area contributed by atoms with Crippen molar-refractivity contribution in [2.45, 2.75) is 12.6 Å². The van der Waals surface area contributed by atoms with E-state index >= 15 is 0 Å². The Kier molecular flexibility index (Phi) is 5.92. The molecule has 33 heavy (non-hydrogen) atoms. The summed E-state index contributed by atoms with van der Waals surface area (Å²) in [5.41, 5.74) is 4.09. The van der Waals surface area contributed by atoms with Crippen LogP contribution in [0.5, 0.6) is 0 Å². The van der Waals surface area contributed by atoms with Gasteiger partial charge in [-0.05, 0) is 18.2 Å². The number of benzene rings is 2. The molecule has 4 aromatic rings. The number of halogens is 3. The van der Waals surface area contributed by atoms with Gasteiger partial charge < -0.3 is 0 Å². The average Bonchev–Trinajstić information content (AvgIpc) is 3.26. The maximum absolute atomic E-state index is 12.7. The van der Waals surface area contributed by atoms with E-state index in [1.165, 1.54) is 23.5 Å². The molecule has 0 spiro atoms. The number of aromatic amines is 1. The first-order valence-corrected chi connectivity index (χ1v) is 10.3. The van der Waals surface area contributed by atoms with E-state index in [4.69, 9.17) is 0 Å². The highest BCUT2D eigenvalue weighted by atomic mass is 32.1. The van der Waals surface area contributed by atoms with Crippen molar-refractivity contribution in [3.8, 4) is 10.6 Å². The molecule has 0 fully saturated rings. The lowest BCUT2D eigenvalue weighted by Crippen LogP contribution is -2.43. The third-order valence-corrected chi connectivity index (χ3v) is 5.52. The second-order valence-electron chi connectivity index (χ2n) is 6.85. The van der Waals surface area contributed by atoms with Crippen molar-refractivity contribution >= 4 is 33.9 Å². The van der Waals surface area contributed by atoms with Crippen molar-refractivity contribution in [2.75, 3.05) is 0 Å². The lowest BCUT2D eigenvalue weighted by atomic mass is 10.1. The zero-order valence-corrected chi connectivity index (χ0v) is 17.4. The van der Waals surface area contributed by atoms with Gasteiger partial charge in [0.05, 0.1) is 23.1 Å². The highest BCUT2D eigenvalue weighted by Gasteiger charge is 2.30. The first-order chi connectivity index (χ1) is 15.7. The fourth-order valence-electron chi connectivity index (χ4n) is 3.00. The van der Waals surface area contributed by atoms with Gasteiger partial charge in [0.1, 0.15) is 5.01 Å². The molecule has 0 saturated carbocycles. The Bertz CT molecular complexity index is 1400. The number of aromatic nitrogens is 3. The molecule has 0 aliphatic carbocycles. The molecule has 2 aromatic heterocycles. The van der Waals surface area contributed by atoms with E-state index in [0.717, 1.165) is 12.1 Å². The second kappa shape index (κ2) is 8.82. The number of rotatable bonds is 4. The van der Waals surface area contributed by atoms with Crippen LogP contribution < -0.4 is 16.4 Å². The monoisotopic (exact) mass is 473 g/mol. The molecule has 0 aliphatic heterocycles. The van der Waals surface area contributed by atoms with E-state index in [1.807, 2.05) is 0 Å². The molecular weight excluding hydrogens is 459 g/mol. The van der Waals surface area contributed by atoms with E-state index in [9.17, 15) is 27.6 Å². The Labute approximate surface area is 187 Å². The average molecular weight is 473 g/mol. The van der Waals surface area contributed by atoms with Gasteiger partial charge in [0, 0.05) is 16.3 Å². The minimum Gasteiger partial charge on any atom is -0.273 e. The van der Waals surface area contributed by atoms with Crippen LogP contribution in [0, 0.1) is 0 Å². The fourth-order valence-corrected chi connectivity index (χ4v) is 3.83. The van der Waals surface area contributed by atoms with Gasteiger partial charge in [0.25, 0.3) is 11.5 Å². The Morgan fingerprint density at radius 2 is 1.70 bits per heavy atom. The fraction of sp³-hybridized carbons (Fsp3) is 0.0952. The molecule has 0 aliphatic rings. The number of hydrogen-bond acceptors (Lipinski definition) is 6. The number of hydrogen-bond donors (Lipinski definition) is 3. The minimum absolute atomic E-state index is 0.0660. The van der Waals surface area contributed by atoms with Crippen LogP contribution in [-0.4, -0.2) is 27.0 Å². The van der Waals surface area contributed by atoms with Crippen molar-refractivity contribution < 1.29 is 22.8 Å². The zero-order valence-electron chi connectivity index (χ0n) is 16.6. The number of alkyl halides is 3. The minimum atomic E-state index is -4.42. The third kappa shape index (κ3) is 4.90. The number of nitrogens with one attached hydrogen (secondary N) is 3. The number of carbonyl (C=O) groups excluding carboxylic acids is 2. The Balaban J connectivity index is 1.38. The molecule has 2 aromatic carbocycles. The number of carbonyl (C=O) groups is 2. The largest absolute Gasteiger partial charge is 0.416 e. The van der Waals surface area contributed by atoms with Gasteiger partial charge in [-0.3, -0.25) is 25.2 Å². The number of thiazole rings is 1. The molecule has 168 valence electrons. The molecule has 0 radical (unpaired) electrons. The predicted octanol–water partition coefficient (Wildman–Crippen LogP) is 3.07. The number of H-pyrrole nitrogens is 1. The van der Waals surface area contributed by atoms with E-state index < -0.39 is 29.1 Å². The molecule has 2 heterocycles. The van der Waals surface area contributed by atoms with Crippen LogP contribution in [0.3, 0.4) is 0 Å². The quantitative estimate of drug-likeness (QED) is 0.394. The molecule has 4 rings (SSSR count). The van der Waals surface area contributed by atoms with Gasteiger partial charge in [-0.2, -0.15) is 18.3 Å². The van der Waals surface area contributed by atoms with Gasteiger partial charge in [-0.1, -0.05) is 30.3 Å². The summed E-state index contributed by atoms with van der Waals surface area (Å²) in [6, 6.07) is 11.0. The number of amides is 2. The maximum atomic E-state index is 12.7. The highest BCUT2D eigenvalue weighted by Crippen LogP contribution is 2.31. The normalized spacial score (nSPS) is 11.4. The van der Waals surface area contributed by atoms with Gasteiger partial charge in [-0.25, -0.2) is 10.1 Å². The number of nitrogens with zero attached hydrogens (tertiary/aromatic N) is 2. The van der Waals surface area contributed by atoms with E-state index in [-0.39, 0.29) is 17.5 Å². The lowest BCUT2D eigenvalue weighted by molar-refractivity contribution is -0.137. The van der Waals surface area contributed by atoms with Gasteiger partial charge in [-0.15, -0.1) is 11.3 Å². The van der Waals surface area contributed by atoms with Crippen LogP contribution >= 0.6 is 11.3 Å². The zero-order chi connectivity index (χ0) is 23.6. The first-order valence-electron chi connectivity index (χ1n) is 9.41. The summed E-state index contributed by atoms with van der Waals surface area (Å²) in [6.45, 7) is 0. The topological polar surface area (TPSA) is 117 Å². The van der Waals surface area contributed by atoms with Crippen molar-refractivity contribution in [3.05, 3.63) is 81.2 Å². The van der Waals surface area contributed by atoms with E-state index in [1.54, 1.807) is 29.6 Å². The number of hydrazine groups is 1. The maximum Gasteiger partial charge on any atom is 0.416 e. The van der Waals surface area contributed by atoms with Crippen molar-refractivity contribution in [1.29, 1.82) is 0 Å². The van der Waals surface area contributed by atoms with Crippen LogP contribution in [-0.2, 0) is 17.4 Å². The van der Waals surface area contributed by atoms with Crippen LogP contribution in [0.25, 0.3) is 21.3 Å². The molecule has 0 atom stereocenters. The summed E-state index contributed by atoms with van der Waals surface area (Å²) in [4.78, 5) is 40.7. The van der Waals surface area contributed by atoms with Crippen LogP contribution in [0.15, 0.2) is 58.7 Å². The van der Waals surface area contributed by atoms with E-state index in [0.29, 0.717) is 21.7 Å². The molecule has 0 saturated heterocycles. The Morgan fingerprint density at radius 1 is 1.00 bits per heavy atom. The van der Waals surface area contributed by atoms with Gasteiger partial charge in [0.15, 0.2) is 5.69 Å². The molecule has 8 nitrogen and oxygen atoms in total. The molecule has 12 heteroatoms. The molecule has 2 amide bonds. The van der Waals surface area contributed by atoms with Gasteiger partial charge >= 0.3 is 6.18 Å². The highest BCUT2D eigenvalue weighted by molar-refractivity contribution is 7.13. The van der Waals surface area contributed by atoms with Crippen LogP contribution in [0.1, 0.15) is 21.7 Å². The van der Waals surface area contributed by atoms with Crippen molar-refractivity contribution in [1.82, 2.24) is 26.0 Å². The van der Waals surface area contributed by atoms with Crippen LogP contribution in [0.4, 0.5) is 13.2 Å². The molecule has 0 unspecified atom stereocenters. The third-order valence-electron chi connectivity index (χ3n) is 4.58. The Morgan fingerprint density at radius 3 is 2.39 bits per heavy atom. The standard InChI is InChI=1S/C21H14F3N5O3S/c22-21(23,24)12-7-5-11(6-8-12)20-25-13(10-33-20)9-16(30)26-29-19(32)17-14-3-1-2-4-15(14)18(31)28-27-17/h1-8,10H,9H2,(H,26,30)(H,28,31)(H,29,32).